The Labute approximate surface area is 160 Å². The molecule has 2 aromatic carbocycles. The SMILES string of the molecule is COc1cccc(C=CC(=O)N(Cc2ccccc2)C2CCS(=O)(=O)C2)c1. The fraction of sp³-hybridized carbons (Fsp3) is 0.286. The van der Waals surface area contributed by atoms with Gasteiger partial charge in [0.25, 0.3) is 0 Å². The van der Waals surface area contributed by atoms with Gasteiger partial charge in [-0.3, -0.25) is 4.79 Å². The Bertz CT molecular complexity index is 922. The normalized spacial score (nSPS) is 18.5. The van der Waals surface area contributed by atoms with Crippen LogP contribution < -0.4 is 4.74 Å². The highest BCUT2D eigenvalue weighted by atomic mass is 32.2. The largest absolute Gasteiger partial charge is 0.497 e. The number of nitrogens with zero attached hydrogens (tertiary/aromatic N) is 1. The van der Waals surface area contributed by atoms with E-state index in [-0.39, 0.29) is 23.5 Å². The average Bonchev–Trinajstić information content (AvgIpc) is 3.04. The molecule has 1 atom stereocenters. The minimum atomic E-state index is -3.08. The van der Waals surface area contributed by atoms with Crippen LogP contribution in [0.2, 0.25) is 0 Å². The van der Waals surface area contributed by atoms with E-state index >= 15 is 0 Å². The van der Waals surface area contributed by atoms with Gasteiger partial charge in [0.1, 0.15) is 5.75 Å². The van der Waals surface area contributed by atoms with Crippen LogP contribution in [0.25, 0.3) is 6.08 Å². The van der Waals surface area contributed by atoms with Gasteiger partial charge in [0.2, 0.25) is 5.91 Å². The van der Waals surface area contributed by atoms with Gasteiger partial charge in [-0.1, -0.05) is 42.5 Å². The van der Waals surface area contributed by atoms with Crippen molar-refractivity contribution in [2.45, 2.75) is 19.0 Å². The van der Waals surface area contributed by atoms with Crippen molar-refractivity contribution in [1.82, 2.24) is 4.90 Å². The van der Waals surface area contributed by atoms with E-state index in [4.69, 9.17) is 4.74 Å². The Hall–Kier alpha value is -2.60. The summed E-state index contributed by atoms with van der Waals surface area (Å²) in [6, 6.07) is 16.7. The molecule has 0 bridgehead atoms. The summed E-state index contributed by atoms with van der Waals surface area (Å²) >= 11 is 0. The molecule has 1 fully saturated rings. The summed E-state index contributed by atoms with van der Waals surface area (Å²) in [5.41, 5.74) is 1.83. The van der Waals surface area contributed by atoms with Gasteiger partial charge in [0.05, 0.1) is 18.6 Å². The first-order chi connectivity index (χ1) is 13.0. The van der Waals surface area contributed by atoms with Crippen molar-refractivity contribution >= 4 is 21.8 Å². The fourth-order valence-corrected chi connectivity index (χ4v) is 4.93. The molecule has 0 N–H and O–H groups in total. The van der Waals surface area contributed by atoms with Crippen LogP contribution in [0, 0.1) is 0 Å². The smallest absolute Gasteiger partial charge is 0.247 e. The molecule has 2 aromatic rings. The third-order valence-electron chi connectivity index (χ3n) is 4.64. The van der Waals surface area contributed by atoms with E-state index in [0.29, 0.717) is 18.7 Å². The number of carbonyl (C=O) groups excluding carboxylic acids is 1. The highest BCUT2D eigenvalue weighted by molar-refractivity contribution is 7.91. The molecule has 0 saturated carbocycles. The third-order valence-corrected chi connectivity index (χ3v) is 6.39. The Morgan fingerprint density at radius 2 is 1.96 bits per heavy atom. The molecule has 1 saturated heterocycles. The molecule has 5 nitrogen and oxygen atoms in total. The molecule has 27 heavy (non-hydrogen) atoms. The molecule has 0 aliphatic carbocycles. The minimum absolute atomic E-state index is 0.0264. The van der Waals surface area contributed by atoms with Crippen molar-refractivity contribution in [3.8, 4) is 5.75 Å². The first-order valence-electron chi connectivity index (χ1n) is 8.84. The van der Waals surface area contributed by atoms with Crippen molar-refractivity contribution in [2.24, 2.45) is 0 Å². The van der Waals surface area contributed by atoms with Crippen molar-refractivity contribution in [3.05, 3.63) is 71.8 Å². The molecule has 0 aromatic heterocycles. The molecular weight excluding hydrogens is 362 g/mol. The number of methoxy groups -OCH3 is 1. The second kappa shape index (κ2) is 8.39. The van der Waals surface area contributed by atoms with Gasteiger partial charge in [0, 0.05) is 18.7 Å². The van der Waals surface area contributed by atoms with Crippen LogP contribution in [-0.2, 0) is 21.2 Å². The molecule has 1 amide bonds. The maximum atomic E-state index is 12.9. The van der Waals surface area contributed by atoms with Gasteiger partial charge < -0.3 is 9.64 Å². The minimum Gasteiger partial charge on any atom is -0.497 e. The van der Waals surface area contributed by atoms with Crippen LogP contribution in [-0.4, -0.2) is 43.9 Å². The molecular formula is C21H23NO4S. The Morgan fingerprint density at radius 3 is 2.63 bits per heavy atom. The number of hydrogen-bond donors (Lipinski definition) is 0. The highest BCUT2D eigenvalue weighted by Crippen LogP contribution is 2.21. The van der Waals surface area contributed by atoms with E-state index in [0.717, 1.165) is 11.1 Å². The number of ether oxygens (including phenoxy) is 1. The summed E-state index contributed by atoms with van der Waals surface area (Å²) in [6.45, 7) is 0.391. The monoisotopic (exact) mass is 385 g/mol. The molecule has 1 aliphatic heterocycles. The number of rotatable bonds is 6. The number of carbonyl (C=O) groups is 1. The number of amides is 1. The van der Waals surface area contributed by atoms with Crippen molar-refractivity contribution < 1.29 is 17.9 Å². The van der Waals surface area contributed by atoms with Crippen molar-refractivity contribution in [3.63, 3.8) is 0 Å². The number of hydrogen-bond acceptors (Lipinski definition) is 4. The zero-order valence-corrected chi connectivity index (χ0v) is 16.1. The van der Waals surface area contributed by atoms with Gasteiger partial charge >= 0.3 is 0 Å². The van der Waals surface area contributed by atoms with Crippen LogP contribution >= 0.6 is 0 Å². The Kier molecular flexibility index (Phi) is 5.96. The predicted molar refractivity (Wildman–Crippen MR) is 106 cm³/mol. The molecule has 1 unspecified atom stereocenters. The van der Waals surface area contributed by atoms with Crippen LogP contribution in [0.3, 0.4) is 0 Å². The third kappa shape index (κ3) is 5.20. The van der Waals surface area contributed by atoms with Crippen molar-refractivity contribution in [1.29, 1.82) is 0 Å². The van der Waals surface area contributed by atoms with Crippen LogP contribution in [0.5, 0.6) is 5.75 Å². The quantitative estimate of drug-likeness (QED) is 0.717. The van der Waals surface area contributed by atoms with E-state index in [1.165, 1.54) is 6.08 Å². The van der Waals surface area contributed by atoms with E-state index in [9.17, 15) is 13.2 Å². The first kappa shape index (κ1) is 19.2. The van der Waals surface area contributed by atoms with Crippen LogP contribution in [0.4, 0.5) is 0 Å². The molecule has 1 aliphatic rings. The standard InChI is InChI=1S/C21H23NO4S/c1-26-20-9-5-8-17(14-20)10-11-21(23)22(15-18-6-3-2-4-7-18)19-12-13-27(24,25)16-19/h2-11,14,19H,12-13,15-16H2,1H3. The summed E-state index contributed by atoms with van der Waals surface area (Å²) in [4.78, 5) is 14.5. The average molecular weight is 385 g/mol. The van der Waals surface area contributed by atoms with E-state index in [1.54, 1.807) is 18.1 Å². The van der Waals surface area contributed by atoms with Gasteiger partial charge in [-0.15, -0.1) is 0 Å². The van der Waals surface area contributed by atoms with E-state index < -0.39 is 9.84 Å². The van der Waals surface area contributed by atoms with Crippen LogP contribution in [0.15, 0.2) is 60.7 Å². The van der Waals surface area contributed by atoms with Gasteiger partial charge in [0.15, 0.2) is 9.84 Å². The lowest BCUT2D eigenvalue weighted by Crippen LogP contribution is -2.39. The van der Waals surface area contributed by atoms with E-state index in [1.807, 2.05) is 54.6 Å². The topological polar surface area (TPSA) is 63.7 Å². The van der Waals surface area contributed by atoms with Crippen molar-refractivity contribution in [2.75, 3.05) is 18.6 Å². The molecule has 0 spiro atoms. The first-order valence-corrected chi connectivity index (χ1v) is 10.7. The van der Waals surface area contributed by atoms with Crippen LogP contribution in [0.1, 0.15) is 17.5 Å². The van der Waals surface area contributed by atoms with Gasteiger partial charge in [-0.2, -0.15) is 0 Å². The maximum Gasteiger partial charge on any atom is 0.247 e. The summed E-state index contributed by atoms with van der Waals surface area (Å²) < 4.78 is 29.0. The maximum absolute atomic E-state index is 12.9. The van der Waals surface area contributed by atoms with Gasteiger partial charge in [-0.25, -0.2) is 8.42 Å². The summed E-state index contributed by atoms with van der Waals surface area (Å²) in [5.74, 6) is 0.686. The Morgan fingerprint density at radius 1 is 1.19 bits per heavy atom. The summed E-state index contributed by atoms with van der Waals surface area (Å²) in [7, 11) is -1.48. The fourth-order valence-electron chi connectivity index (χ4n) is 3.20. The van der Waals surface area contributed by atoms with E-state index in [2.05, 4.69) is 0 Å². The number of benzene rings is 2. The summed E-state index contributed by atoms with van der Waals surface area (Å²) in [5, 5.41) is 0. The second-order valence-corrected chi connectivity index (χ2v) is 8.85. The molecule has 3 rings (SSSR count). The lowest BCUT2D eigenvalue weighted by Gasteiger charge is -2.27. The second-order valence-electron chi connectivity index (χ2n) is 6.62. The molecule has 0 radical (unpaired) electrons. The van der Waals surface area contributed by atoms with Gasteiger partial charge in [-0.05, 0) is 35.8 Å². The zero-order chi connectivity index (χ0) is 19.3. The lowest BCUT2D eigenvalue weighted by atomic mass is 10.1. The highest BCUT2D eigenvalue weighted by Gasteiger charge is 2.34. The summed E-state index contributed by atoms with van der Waals surface area (Å²) in [6.07, 6.45) is 3.71. The number of sulfone groups is 1. The molecule has 142 valence electrons. The predicted octanol–water partition coefficient (Wildman–Crippen LogP) is 2.92. The molecule has 1 heterocycles. The zero-order valence-electron chi connectivity index (χ0n) is 15.2. The lowest BCUT2D eigenvalue weighted by molar-refractivity contribution is -0.128. The molecule has 6 heteroatoms. The Balaban J connectivity index is 1.80.